The van der Waals surface area contributed by atoms with Crippen LogP contribution in [0.15, 0.2) is 29.6 Å². The summed E-state index contributed by atoms with van der Waals surface area (Å²) < 4.78 is 0. The Morgan fingerprint density at radius 3 is 2.16 bits per heavy atom. The summed E-state index contributed by atoms with van der Waals surface area (Å²) in [5.41, 5.74) is 1.76. The molecule has 98 valence electrons. The molecule has 0 saturated carbocycles. The summed E-state index contributed by atoms with van der Waals surface area (Å²) in [7, 11) is 0. The van der Waals surface area contributed by atoms with Crippen LogP contribution in [0.4, 0.5) is 11.4 Å². The summed E-state index contributed by atoms with van der Waals surface area (Å²) >= 11 is 1.43. The van der Waals surface area contributed by atoms with Crippen molar-refractivity contribution in [3.63, 3.8) is 0 Å². The topological polar surface area (TPSA) is 71.1 Å². The van der Waals surface area contributed by atoms with E-state index in [0.29, 0.717) is 17.1 Å². The first-order valence-electron chi connectivity index (χ1n) is 5.66. The van der Waals surface area contributed by atoms with Gasteiger partial charge in [0.2, 0.25) is 5.91 Å². The van der Waals surface area contributed by atoms with E-state index in [0.717, 1.165) is 5.01 Å². The molecule has 0 saturated heterocycles. The Morgan fingerprint density at radius 1 is 1.11 bits per heavy atom. The van der Waals surface area contributed by atoms with Gasteiger partial charge in [-0.05, 0) is 31.2 Å². The number of anilines is 2. The van der Waals surface area contributed by atoms with E-state index in [9.17, 15) is 9.59 Å². The molecule has 6 heteroatoms. The number of nitrogens with zero attached hydrogens (tertiary/aromatic N) is 1. The third-order valence-electron chi connectivity index (χ3n) is 2.31. The van der Waals surface area contributed by atoms with Crippen LogP contribution in [-0.2, 0) is 4.79 Å². The molecule has 0 aliphatic heterocycles. The Hall–Kier alpha value is -2.21. The average molecular weight is 275 g/mol. The van der Waals surface area contributed by atoms with Crippen molar-refractivity contribution >= 4 is 34.5 Å². The zero-order chi connectivity index (χ0) is 13.8. The number of carbonyl (C=O) groups excluding carboxylic acids is 2. The third kappa shape index (κ3) is 3.62. The Bertz CT molecular complexity index is 605. The van der Waals surface area contributed by atoms with Gasteiger partial charge in [-0.1, -0.05) is 0 Å². The predicted molar refractivity (Wildman–Crippen MR) is 75.5 cm³/mol. The lowest BCUT2D eigenvalue weighted by atomic mass is 10.2. The van der Waals surface area contributed by atoms with E-state index in [4.69, 9.17) is 0 Å². The van der Waals surface area contributed by atoms with E-state index in [1.54, 1.807) is 29.6 Å². The molecular weight excluding hydrogens is 262 g/mol. The third-order valence-corrected chi connectivity index (χ3v) is 3.09. The first kappa shape index (κ1) is 13.2. The Balaban J connectivity index is 2.03. The van der Waals surface area contributed by atoms with Gasteiger partial charge in [0.05, 0.1) is 5.01 Å². The van der Waals surface area contributed by atoms with Crippen LogP contribution in [0, 0.1) is 6.92 Å². The molecule has 0 bridgehead atoms. The summed E-state index contributed by atoms with van der Waals surface area (Å²) in [6.07, 6.45) is 0. The van der Waals surface area contributed by atoms with Crippen molar-refractivity contribution in [1.82, 2.24) is 4.98 Å². The molecule has 1 aromatic heterocycles. The van der Waals surface area contributed by atoms with E-state index < -0.39 is 0 Å². The maximum absolute atomic E-state index is 11.9. The molecule has 0 aliphatic rings. The molecule has 2 rings (SSSR count). The summed E-state index contributed by atoms with van der Waals surface area (Å²) in [5, 5.41) is 7.97. The molecule has 0 radical (unpaired) electrons. The maximum Gasteiger partial charge on any atom is 0.275 e. The van der Waals surface area contributed by atoms with Crippen molar-refractivity contribution in [2.45, 2.75) is 13.8 Å². The summed E-state index contributed by atoms with van der Waals surface area (Å²) in [6, 6.07) is 6.90. The number of carbonyl (C=O) groups is 2. The summed E-state index contributed by atoms with van der Waals surface area (Å²) in [4.78, 5) is 26.8. The molecule has 1 heterocycles. The molecule has 2 amide bonds. The number of hydrogen-bond donors (Lipinski definition) is 2. The van der Waals surface area contributed by atoms with Crippen molar-refractivity contribution < 1.29 is 9.59 Å². The van der Waals surface area contributed by atoms with Crippen molar-refractivity contribution in [1.29, 1.82) is 0 Å². The lowest BCUT2D eigenvalue weighted by Crippen LogP contribution is -2.12. The largest absolute Gasteiger partial charge is 0.326 e. The number of aromatic nitrogens is 1. The lowest BCUT2D eigenvalue weighted by molar-refractivity contribution is -0.114. The first-order chi connectivity index (χ1) is 9.04. The molecule has 0 aliphatic carbocycles. The van der Waals surface area contributed by atoms with Gasteiger partial charge in [0.25, 0.3) is 5.91 Å². The van der Waals surface area contributed by atoms with Crippen LogP contribution in [0.2, 0.25) is 0 Å². The van der Waals surface area contributed by atoms with Crippen molar-refractivity contribution in [3.8, 4) is 0 Å². The predicted octanol–water partition coefficient (Wildman–Crippen LogP) is 2.66. The minimum atomic E-state index is -0.239. The standard InChI is InChI=1S/C13H13N3O2S/c1-8(17)14-10-3-5-11(6-4-10)16-13(18)12-7-19-9(2)15-12/h3-7H,1-2H3,(H,14,17)(H,16,18). The molecule has 5 nitrogen and oxygen atoms in total. The van der Waals surface area contributed by atoms with Gasteiger partial charge in [-0.2, -0.15) is 0 Å². The SMILES string of the molecule is CC(=O)Nc1ccc(NC(=O)c2csc(C)n2)cc1. The van der Waals surface area contributed by atoms with Gasteiger partial charge < -0.3 is 10.6 Å². The van der Waals surface area contributed by atoms with Gasteiger partial charge in [-0.3, -0.25) is 9.59 Å². The van der Waals surface area contributed by atoms with Gasteiger partial charge in [0.15, 0.2) is 0 Å². The van der Waals surface area contributed by atoms with E-state index in [1.807, 2.05) is 6.92 Å². The minimum absolute atomic E-state index is 0.130. The summed E-state index contributed by atoms with van der Waals surface area (Å²) in [5.74, 6) is -0.369. The van der Waals surface area contributed by atoms with Crippen LogP contribution in [0.5, 0.6) is 0 Å². The highest BCUT2D eigenvalue weighted by molar-refractivity contribution is 7.09. The number of rotatable bonds is 3. The van der Waals surface area contributed by atoms with Gasteiger partial charge in [-0.25, -0.2) is 4.98 Å². The monoisotopic (exact) mass is 275 g/mol. The van der Waals surface area contributed by atoms with E-state index in [-0.39, 0.29) is 11.8 Å². The van der Waals surface area contributed by atoms with Gasteiger partial charge in [0.1, 0.15) is 5.69 Å². The van der Waals surface area contributed by atoms with E-state index in [2.05, 4.69) is 15.6 Å². The van der Waals surface area contributed by atoms with Crippen molar-refractivity contribution in [2.75, 3.05) is 10.6 Å². The van der Waals surface area contributed by atoms with E-state index >= 15 is 0 Å². The molecule has 0 fully saturated rings. The molecule has 19 heavy (non-hydrogen) atoms. The second-order valence-corrected chi connectivity index (χ2v) is 5.03. The van der Waals surface area contributed by atoms with Crippen molar-refractivity contribution in [3.05, 3.63) is 40.3 Å². The average Bonchev–Trinajstić information content (AvgIpc) is 2.78. The zero-order valence-electron chi connectivity index (χ0n) is 10.6. The van der Waals surface area contributed by atoms with Crippen LogP contribution in [0.25, 0.3) is 0 Å². The van der Waals surface area contributed by atoms with Crippen molar-refractivity contribution in [2.24, 2.45) is 0 Å². The molecular formula is C13H13N3O2S. The lowest BCUT2D eigenvalue weighted by Gasteiger charge is -2.05. The van der Waals surface area contributed by atoms with Crippen LogP contribution >= 0.6 is 11.3 Å². The first-order valence-corrected chi connectivity index (χ1v) is 6.53. The molecule has 2 aromatic rings. The molecule has 0 spiro atoms. The fourth-order valence-electron chi connectivity index (χ4n) is 1.50. The number of thiazole rings is 1. The van der Waals surface area contributed by atoms with Gasteiger partial charge in [-0.15, -0.1) is 11.3 Å². The second-order valence-electron chi connectivity index (χ2n) is 3.96. The number of amides is 2. The highest BCUT2D eigenvalue weighted by Gasteiger charge is 2.09. The maximum atomic E-state index is 11.9. The quantitative estimate of drug-likeness (QED) is 0.904. The summed E-state index contributed by atoms with van der Waals surface area (Å²) in [6.45, 7) is 3.30. The minimum Gasteiger partial charge on any atom is -0.326 e. The number of nitrogens with one attached hydrogen (secondary N) is 2. The van der Waals surface area contributed by atoms with E-state index in [1.165, 1.54) is 18.3 Å². The smallest absolute Gasteiger partial charge is 0.275 e. The highest BCUT2D eigenvalue weighted by Crippen LogP contribution is 2.15. The Morgan fingerprint density at radius 2 is 1.68 bits per heavy atom. The molecule has 0 unspecified atom stereocenters. The fourth-order valence-corrected chi connectivity index (χ4v) is 2.10. The molecule has 1 aromatic carbocycles. The number of benzene rings is 1. The van der Waals surface area contributed by atoms with Gasteiger partial charge >= 0.3 is 0 Å². The second kappa shape index (κ2) is 5.62. The van der Waals surface area contributed by atoms with Crippen LogP contribution in [-0.4, -0.2) is 16.8 Å². The van der Waals surface area contributed by atoms with Crippen LogP contribution in [0.1, 0.15) is 22.4 Å². The Kier molecular flexibility index (Phi) is 3.91. The molecule has 0 atom stereocenters. The number of hydrogen-bond acceptors (Lipinski definition) is 4. The van der Waals surface area contributed by atoms with Crippen LogP contribution < -0.4 is 10.6 Å². The molecule has 2 N–H and O–H groups in total. The normalized spacial score (nSPS) is 10.0. The Labute approximate surface area is 114 Å². The number of aryl methyl sites for hydroxylation is 1. The highest BCUT2D eigenvalue weighted by atomic mass is 32.1. The van der Waals surface area contributed by atoms with Crippen LogP contribution in [0.3, 0.4) is 0 Å². The zero-order valence-corrected chi connectivity index (χ0v) is 11.4. The van der Waals surface area contributed by atoms with Gasteiger partial charge in [0, 0.05) is 23.7 Å². The fraction of sp³-hybridized carbons (Fsp3) is 0.154.